The molecule has 1 aromatic heterocycles. The van der Waals surface area contributed by atoms with E-state index in [1.165, 1.54) is 6.20 Å². The molecule has 2 rings (SSSR count). The third-order valence-corrected chi connectivity index (χ3v) is 3.51. The number of alkyl halides is 2. The van der Waals surface area contributed by atoms with E-state index in [-0.39, 0.29) is 21.8 Å². The van der Waals surface area contributed by atoms with Crippen LogP contribution in [0.1, 0.15) is 31.3 Å². The highest BCUT2D eigenvalue weighted by molar-refractivity contribution is 9.10. The van der Waals surface area contributed by atoms with Crippen LogP contribution in [0.15, 0.2) is 16.7 Å². The summed E-state index contributed by atoms with van der Waals surface area (Å²) in [5.41, 5.74) is -0.199. The molecule has 1 amide bonds. The molecular weight excluding hydrogens is 322 g/mol. The van der Waals surface area contributed by atoms with E-state index in [0.29, 0.717) is 13.0 Å². The second-order valence-corrected chi connectivity index (χ2v) is 5.09. The van der Waals surface area contributed by atoms with Crippen molar-refractivity contribution in [3.05, 3.63) is 22.3 Å². The molecule has 19 heavy (non-hydrogen) atoms. The maximum absolute atomic E-state index is 12.7. The second-order valence-electron chi connectivity index (χ2n) is 4.24. The number of carbonyl (C=O) groups is 1. The summed E-state index contributed by atoms with van der Waals surface area (Å²) in [6.07, 6.45) is 0.612. The molecule has 7 heteroatoms. The van der Waals surface area contributed by atoms with Crippen LogP contribution in [-0.4, -0.2) is 23.6 Å². The Hall–Kier alpha value is -1.08. The number of carbonyl (C=O) groups excluding carboxylic acids is 1. The summed E-state index contributed by atoms with van der Waals surface area (Å²) in [6.45, 7) is 0.550. The van der Waals surface area contributed by atoms with Crippen LogP contribution in [0.25, 0.3) is 0 Å². The molecule has 1 aromatic rings. The van der Waals surface area contributed by atoms with Gasteiger partial charge in [-0.3, -0.25) is 4.79 Å². The van der Waals surface area contributed by atoms with Gasteiger partial charge in [0.05, 0.1) is 0 Å². The number of nitrogens with zero attached hydrogens (tertiary/aromatic N) is 1. The molecule has 0 radical (unpaired) electrons. The molecule has 104 valence electrons. The van der Waals surface area contributed by atoms with Gasteiger partial charge in [0.1, 0.15) is 11.9 Å². The van der Waals surface area contributed by atoms with Crippen molar-refractivity contribution in [1.82, 2.24) is 4.98 Å². The zero-order valence-corrected chi connectivity index (χ0v) is 11.6. The average molecular weight is 335 g/mol. The molecule has 0 bridgehead atoms. The number of nitrogens with one attached hydrogen (secondary N) is 1. The van der Waals surface area contributed by atoms with Gasteiger partial charge in [0, 0.05) is 22.8 Å². The third kappa shape index (κ3) is 3.70. The summed E-state index contributed by atoms with van der Waals surface area (Å²) in [5.74, 6) is -0.229. The first kappa shape index (κ1) is 14.3. The van der Waals surface area contributed by atoms with Crippen LogP contribution in [0.4, 0.5) is 14.6 Å². The Morgan fingerprint density at radius 2 is 2.32 bits per heavy atom. The number of pyridine rings is 1. The summed E-state index contributed by atoms with van der Waals surface area (Å²) in [4.78, 5) is 15.7. The van der Waals surface area contributed by atoms with Crippen molar-refractivity contribution in [3.63, 3.8) is 0 Å². The molecule has 2 heterocycles. The predicted octanol–water partition coefficient (Wildman–Crippen LogP) is 3.29. The van der Waals surface area contributed by atoms with Gasteiger partial charge in [0.25, 0.3) is 12.3 Å². The molecule has 1 saturated heterocycles. The monoisotopic (exact) mass is 334 g/mol. The topological polar surface area (TPSA) is 51.2 Å². The van der Waals surface area contributed by atoms with Crippen molar-refractivity contribution in [2.75, 3.05) is 11.9 Å². The maximum atomic E-state index is 12.7. The molecule has 4 nitrogen and oxygen atoms in total. The van der Waals surface area contributed by atoms with Crippen LogP contribution in [0.2, 0.25) is 0 Å². The number of halogens is 3. The van der Waals surface area contributed by atoms with Gasteiger partial charge in [0.15, 0.2) is 0 Å². The molecule has 1 atom stereocenters. The first-order chi connectivity index (χ1) is 9.08. The minimum atomic E-state index is -2.63. The first-order valence-electron chi connectivity index (χ1n) is 5.94. The number of aromatic nitrogens is 1. The second kappa shape index (κ2) is 6.38. The van der Waals surface area contributed by atoms with E-state index in [1.54, 1.807) is 0 Å². The smallest absolute Gasteiger partial charge is 0.265 e. The number of amides is 1. The molecule has 1 aliphatic heterocycles. The Morgan fingerprint density at radius 3 is 2.95 bits per heavy atom. The minimum absolute atomic E-state index is 0.109. The number of rotatable bonds is 3. The lowest BCUT2D eigenvalue weighted by Gasteiger charge is -2.21. The first-order valence-corrected chi connectivity index (χ1v) is 6.73. The van der Waals surface area contributed by atoms with Crippen LogP contribution in [0.5, 0.6) is 0 Å². The van der Waals surface area contributed by atoms with Crippen molar-refractivity contribution in [2.45, 2.75) is 31.8 Å². The maximum Gasteiger partial charge on any atom is 0.265 e. The molecule has 0 spiro atoms. The van der Waals surface area contributed by atoms with E-state index in [9.17, 15) is 13.6 Å². The fourth-order valence-electron chi connectivity index (χ4n) is 1.84. The molecule has 1 N–H and O–H groups in total. The molecule has 1 aliphatic rings. The number of anilines is 1. The lowest BCUT2D eigenvalue weighted by atomic mass is 10.1. The highest BCUT2D eigenvalue weighted by Crippen LogP contribution is 2.28. The largest absolute Gasteiger partial charge is 0.368 e. The molecule has 1 fully saturated rings. The molecule has 1 unspecified atom stereocenters. The van der Waals surface area contributed by atoms with Crippen molar-refractivity contribution >= 4 is 27.7 Å². The molecule has 0 saturated carbocycles. The third-order valence-electron chi connectivity index (χ3n) is 2.84. The van der Waals surface area contributed by atoms with Gasteiger partial charge >= 0.3 is 0 Å². The summed E-state index contributed by atoms with van der Waals surface area (Å²) >= 11 is 2.99. The van der Waals surface area contributed by atoms with Crippen molar-refractivity contribution in [3.8, 4) is 0 Å². The average Bonchev–Trinajstić information content (AvgIpc) is 2.41. The van der Waals surface area contributed by atoms with E-state index < -0.39 is 12.5 Å². The Balaban J connectivity index is 2.06. The number of hydrogen-bond donors (Lipinski definition) is 1. The summed E-state index contributed by atoms with van der Waals surface area (Å²) in [5, 5.41) is 2.50. The van der Waals surface area contributed by atoms with Crippen molar-refractivity contribution in [2.24, 2.45) is 0 Å². The lowest BCUT2D eigenvalue weighted by molar-refractivity contribution is -0.130. The Kier molecular flexibility index (Phi) is 4.81. The molecule has 0 aliphatic carbocycles. The van der Waals surface area contributed by atoms with Gasteiger partial charge in [0.2, 0.25) is 0 Å². The van der Waals surface area contributed by atoms with E-state index in [2.05, 4.69) is 26.2 Å². The van der Waals surface area contributed by atoms with Gasteiger partial charge in [-0.15, -0.1) is 0 Å². The van der Waals surface area contributed by atoms with E-state index >= 15 is 0 Å². The highest BCUT2D eigenvalue weighted by atomic mass is 79.9. The lowest BCUT2D eigenvalue weighted by Crippen LogP contribution is -2.33. The van der Waals surface area contributed by atoms with Crippen LogP contribution >= 0.6 is 15.9 Å². The standard InChI is InChI=1S/C12H13BrF2N2O2/c13-8-6-16-10(5-7(8)11(14)15)17-12(18)9-3-1-2-4-19-9/h5-6,9,11H,1-4H2,(H,16,17,18). The van der Waals surface area contributed by atoms with Gasteiger partial charge < -0.3 is 10.1 Å². The molecule has 0 aromatic carbocycles. The fourth-order valence-corrected chi connectivity index (χ4v) is 2.23. The normalized spacial score (nSPS) is 19.5. The van der Waals surface area contributed by atoms with Crippen LogP contribution < -0.4 is 5.32 Å². The van der Waals surface area contributed by atoms with Gasteiger partial charge in [-0.05, 0) is 41.3 Å². The zero-order chi connectivity index (χ0) is 13.8. The molecular formula is C12H13BrF2N2O2. The van der Waals surface area contributed by atoms with Crippen LogP contribution in [0.3, 0.4) is 0 Å². The SMILES string of the molecule is O=C(Nc1cc(C(F)F)c(Br)cn1)C1CCCCO1. The zero-order valence-electron chi connectivity index (χ0n) is 10.0. The predicted molar refractivity (Wildman–Crippen MR) is 69.1 cm³/mol. The van der Waals surface area contributed by atoms with Crippen LogP contribution in [-0.2, 0) is 9.53 Å². The minimum Gasteiger partial charge on any atom is -0.368 e. The van der Waals surface area contributed by atoms with Crippen molar-refractivity contribution < 1.29 is 18.3 Å². The Bertz CT molecular complexity index is 465. The van der Waals surface area contributed by atoms with Gasteiger partial charge in [-0.2, -0.15) is 0 Å². The van der Waals surface area contributed by atoms with Crippen molar-refractivity contribution in [1.29, 1.82) is 0 Å². The number of ether oxygens (including phenoxy) is 1. The quantitative estimate of drug-likeness (QED) is 0.922. The highest BCUT2D eigenvalue weighted by Gasteiger charge is 2.23. The fraction of sp³-hybridized carbons (Fsp3) is 0.500. The van der Waals surface area contributed by atoms with Gasteiger partial charge in [-0.1, -0.05) is 0 Å². The van der Waals surface area contributed by atoms with E-state index in [1.807, 2.05) is 0 Å². The Labute approximate surface area is 117 Å². The summed E-state index contributed by atoms with van der Waals surface area (Å²) in [6, 6.07) is 1.16. The summed E-state index contributed by atoms with van der Waals surface area (Å²) in [7, 11) is 0. The van der Waals surface area contributed by atoms with E-state index in [0.717, 1.165) is 18.9 Å². The van der Waals surface area contributed by atoms with Crippen LogP contribution in [0, 0.1) is 0 Å². The van der Waals surface area contributed by atoms with E-state index in [4.69, 9.17) is 4.74 Å². The Morgan fingerprint density at radius 1 is 1.53 bits per heavy atom. The number of hydrogen-bond acceptors (Lipinski definition) is 3. The van der Waals surface area contributed by atoms with Gasteiger partial charge in [-0.25, -0.2) is 13.8 Å². The summed E-state index contributed by atoms with van der Waals surface area (Å²) < 4.78 is 30.9.